The number of rotatable bonds is 7. The molecule has 0 fully saturated rings. The Kier molecular flexibility index (Phi) is 6.55. The average molecular weight is 286 g/mol. The molecule has 0 radical (unpaired) electrons. The zero-order valence-electron chi connectivity index (χ0n) is 10.1. The second kappa shape index (κ2) is 7.93. The zero-order valence-corrected chi connectivity index (χ0v) is 10.9. The number of carboxylic acid groups (broad SMARTS) is 1. The Hall–Kier alpha value is -1.37. The highest BCUT2D eigenvalue weighted by Gasteiger charge is 2.04. The van der Waals surface area contributed by atoms with Crippen LogP contribution in [0.1, 0.15) is 11.1 Å². The lowest BCUT2D eigenvalue weighted by molar-refractivity contribution is -0.131. The molecule has 104 valence electrons. The quantitative estimate of drug-likeness (QED) is 0.662. The highest BCUT2D eigenvalue weighted by molar-refractivity contribution is 7.98. The lowest BCUT2D eigenvalue weighted by atomic mass is 10.1. The van der Waals surface area contributed by atoms with Crippen LogP contribution >= 0.6 is 11.8 Å². The van der Waals surface area contributed by atoms with Crippen LogP contribution in [0.4, 0.5) is 4.39 Å². The fourth-order valence-electron chi connectivity index (χ4n) is 1.34. The van der Waals surface area contributed by atoms with Crippen molar-refractivity contribution in [2.24, 2.45) is 0 Å². The minimum atomic E-state index is -1.13. The molecule has 0 saturated heterocycles. The summed E-state index contributed by atoms with van der Waals surface area (Å²) < 4.78 is 13.4. The van der Waals surface area contributed by atoms with Gasteiger partial charge in [-0.05, 0) is 23.8 Å². The summed E-state index contributed by atoms with van der Waals surface area (Å²) in [5.74, 6) is -0.689. The molecule has 6 heteroatoms. The SMILES string of the molecule is O=C(O)C=Cc1cc(CSCC(O)CO)ccc1F. The van der Waals surface area contributed by atoms with E-state index in [1.54, 1.807) is 12.1 Å². The van der Waals surface area contributed by atoms with Gasteiger partial charge in [-0.1, -0.05) is 6.07 Å². The van der Waals surface area contributed by atoms with Crippen molar-refractivity contribution in [3.63, 3.8) is 0 Å². The summed E-state index contributed by atoms with van der Waals surface area (Å²) in [6.07, 6.45) is 1.32. The second-order valence-electron chi connectivity index (χ2n) is 3.88. The highest BCUT2D eigenvalue weighted by atomic mass is 32.2. The number of thioether (sulfide) groups is 1. The van der Waals surface area contributed by atoms with E-state index in [-0.39, 0.29) is 12.2 Å². The number of aliphatic hydroxyl groups excluding tert-OH is 2. The van der Waals surface area contributed by atoms with Crippen molar-refractivity contribution in [2.45, 2.75) is 11.9 Å². The third kappa shape index (κ3) is 5.87. The van der Waals surface area contributed by atoms with Crippen LogP contribution in [0.2, 0.25) is 0 Å². The summed E-state index contributed by atoms with van der Waals surface area (Å²) >= 11 is 1.41. The first-order valence-electron chi connectivity index (χ1n) is 5.59. The second-order valence-corrected chi connectivity index (χ2v) is 4.91. The number of benzene rings is 1. The number of aliphatic carboxylic acids is 1. The molecule has 0 amide bonds. The van der Waals surface area contributed by atoms with E-state index in [4.69, 9.17) is 10.2 Å². The fraction of sp³-hybridized carbons (Fsp3) is 0.308. The molecular formula is C13H15FO4S. The molecule has 1 unspecified atom stereocenters. The summed E-state index contributed by atoms with van der Waals surface area (Å²) in [4.78, 5) is 10.4. The van der Waals surface area contributed by atoms with E-state index in [0.717, 1.165) is 11.6 Å². The Balaban J connectivity index is 2.65. The van der Waals surface area contributed by atoms with Crippen molar-refractivity contribution in [3.8, 4) is 0 Å². The molecule has 0 saturated carbocycles. The Morgan fingerprint density at radius 1 is 1.47 bits per heavy atom. The summed E-state index contributed by atoms with van der Waals surface area (Å²) in [6.45, 7) is -0.289. The fourth-order valence-corrected chi connectivity index (χ4v) is 2.25. The molecule has 0 spiro atoms. The Morgan fingerprint density at radius 3 is 2.84 bits per heavy atom. The maximum Gasteiger partial charge on any atom is 0.328 e. The molecule has 1 aromatic rings. The Bertz CT molecular complexity index is 462. The van der Waals surface area contributed by atoms with Crippen LogP contribution in [0, 0.1) is 5.82 Å². The van der Waals surface area contributed by atoms with E-state index in [1.807, 2.05) is 0 Å². The Labute approximate surface area is 114 Å². The van der Waals surface area contributed by atoms with Crippen LogP contribution in [0.15, 0.2) is 24.3 Å². The maximum atomic E-state index is 13.4. The van der Waals surface area contributed by atoms with E-state index in [9.17, 15) is 14.3 Å². The molecule has 0 aliphatic carbocycles. The molecule has 19 heavy (non-hydrogen) atoms. The van der Waals surface area contributed by atoms with Crippen LogP contribution in [-0.4, -0.2) is 39.8 Å². The minimum Gasteiger partial charge on any atom is -0.478 e. The summed E-state index contributed by atoms with van der Waals surface area (Å²) in [7, 11) is 0. The van der Waals surface area contributed by atoms with Gasteiger partial charge in [0.05, 0.1) is 12.7 Å². The van der Waals surface area contributed by atoms with Crippen LogP contribution in [-0.2, 0) is 10.5 Å². The van der Waals surface area contributed by atoms with Gasteiger partial charge in [0.1, 0.15) is 5.82 Å². The smallest absolute Gasteiger partial charge is 0.328 e. The van der Waals surface area contributed by atoms with E-state index in [2.05, 4.69) is 0 Å². The van der Waals surface area contributed by atoms with Gasteiger partial charge in [0.25, 0.3) is 0 Å². The van der Waals surface area contributed by atoms with Crippen molar-refractivity contribution in [3.05, 3.63) is 41.2 Å². The van der Waals surface area contributed by atoms with Crippen molar-refractivity contribution >= 4 is 23.8 Å². The normalized spacial score (nSPS) is 12.8. The summed E-state index contributed by atoms with van der Waals surface area (Å²) in [5, 5.41) is 26.3. The molecule has 1 atom stereocenters. The van der Waals surface area contributed by atoms with Crippen LogP contribution in [0.25, 0.3) is 6.08 Å². The first-order chi connectivity index (χ1) is 9.02. The lowest BCUT2D eigenvalue weighted by Crippen LogP contribution is -2.14. The van der Waals surface area contributed by atoms with E-state index >= 15 is 0 Å². The van der Waals surface area contributed by atoms with Gasteiger partial charge in [0.2, 0.25) is 0 Å². The van der Waals surface area contributed by atoms with Crippen molar-refractivity contribution in [1.82, 2.24) is 0 Å². The van der Waals surface area contributed by atoms with Gasteiger partial charge in [-0.25, -0.2) is 9.18 Å². The van der Waals surface area contributed by atoms with Crippen LogP contribution < -0.4 is 0 Å². The number of hydrogen-bond donors (Lipinski definition) is 3. The third-order valence-corrected chi connectivity index (χ3v) is 3.41. The number of aliphatic hydroxyl groups is 2. The molecule has 0 aliphatic heterocycles. The van der Waals surface area contributed by atoms with Gasteiger partial charge in [0.15, 0.2) is 0 Å². The number of carbonyl (C=O) groups is 1. The molecule has 0 aromatic heterocycles. The van der Waals surface area contributed by atoms with Crippen LogP contribution in [0.5, 0.6) is 0 Å². The molecule has 1 aromatic carbocycles. The van der Waals surface area contributed by atoms with Gasteiger partial charge in [-0.2, -0.15) is 11.8 Å². The van der Waals surface area contributed by atoms with Crippen molar-refractivity contribution in [1.29, 1.82) is 0 Å². The average Bonchev–Trinajstić information content (AvgIpc) is 2.38. The highest BCUT2D eigenvalue weighted by Crippen LogP contribution is 2.18. The van der Waals surface area contributed by atoms with E-state index in [1.165, 1.54) is 23.9 Å². The summed E-state index contributed by atoms with van der Waals surface area (Å²) in [6, 6.07) is 4.44. The van der Waals surface area contributed by atoms with Gasteiger partial charge in [-0.15, -0.1) is 0 Å². The van der Waals surface area contributed by atoms with Crippen LogP contribution in [0.3, 0.4) is 0 Å². The Morgan fingerprint density at radius 2 is 2.21 bits per heavy atom. The molecule has 0 aliphatic rings. The predicted molar refractivity (Wildman–Crippen MR) is 72.3 cm³/mol. The predicted octanol–water partition coefficient (Wildman–Crippen LogP) is 1.51. The van der Waals surface area contributed by atoms with Crippen molar-refractivity contribution < 1.29 is 24.5 Å². The topological polar surface area (TPSA) is 77.8 Å². The number of halogens is 1. The monoisotopic (exact) mass is 286 g/mol. The first-order valence-corrected chi connectivity index (χ1v) is 6.74. The molecule has 1 rings (SSSR count). The zero-order chi connectivity index (χ0) is 14.3. The molecule has 0 bridgehead atoms. The summed E-state index contributed by atoms with van der Waals surface area (Å²) in [5.41, 5.74) is 1.03. The standard InChI is InChI=1S/C13H15FO4S/c14-12-3-1-9(7-19-8-11(16)6-15)5-10(12)2-4-13(17)18/h1-5,11,15-16H,6-8H2,(H,17,18). The van der Waals surface area contributed by atoms with Gasteiger partial charge >= 0.3 is 5.97 Å². The van der Waals surface area contributed by atoms with E-state index < -0.39 is 17.9 Å². The lowest BCUT2D eigenvalue weighted by Gasteiger charge is -2.07. The molecule has 4 nitrogen and oxygen atoms in total. The van der Waals surface area contributed by atoms with Gasteiger partial charge < -0.3 is 15.3 Å². The number of hydrogen-bond acceptors (Lipinski definition) is 4. The number of carboxylic acids is 1. The van der Waals surface area contributed by atoms with Gasteiger partial charge in [-0.3, -0.25) is 0 Å². The maximum absolute atomic E-state index is 13.4. The van der Waals surface area contributed by atoms with E-state index in [0.29, 0.717) is 11.5 Å². The van der Waals surface area contributed by atoms with Crippen molar-refractivity contribution in [2.75, 3.05) is 12.4 Å². The first kappa shape index (κ1) is 15.7. The minimum absolute atomic E-state index is 0.211. The molecular weight excluding hydrogens is 271 g/mol. The molecule has 3 N–H and O–H groups in total. The third-order valence-electron chi connectivity index (χ3n) is 2.26. The molecule has 0 heterocycles. The van der Waals surface area contributed by atoms with Gasteiger partial charge in [0, 0.05) is 23.1 Å². The largest absolute Gasteiger partial charge is 0.478 e.